The van der Waals surface area contributed by atoms with E-state index in [2.05, 4.69) is 10.1 Å². The van der Waals surface area contributed by atoms with Crippen LogP contribution in [-0.2, 0) is 32.0 Å². The Bertz CT molecular complexity index is 1240. The molecule has 0 spiro atoms. The summed E-state index contributed by atoms with van der Waals surface area (Å²) in [6.45, 7) is 0.333. The van der Waals surface area contributed by atoms with Gasteiger partial charge in [-0.05, 0) is 59.7 Å². The highest BCUT2D eigenvalue weighted by Gasteiger charge is 2.31. The number of ether oxygens (including phenoxy) is 1. The fourth-order valence-corrected chi connectivity index (χ4v) is 5.17. The molecule has 1 atom stereocenters. The van der Waals surface area contributed by atoms with Gasteiger partial charge in [-0.2, -0.15) is 0 Å². The number of aliphatic imine (C=N–C) groups is 1. The van der Waals surface area contributed by atoms with Gasteiger partial charge in [-0.15, -0.1) is 5.10 Å². The number of hydrogen-bond acceptors (Lipinski definition) is 8. The maximum absolute atomic E-state index is 13.2. The van der Waals surface area contributed by atoms with E-state index in [-0.39, 0.29) is 5.45 Å². The van der Waals surface area contributed by atoms with Gasteiger partial charge in [0.15, 0.2) is 11.2 Å². The van der Waals surface area contributed by atoms with Crippen molar-refractivity contribution in [3.8, 4) is 11.5 Å². The molecule has 0 aliphatic rings. The lowest BCUT2D eigenvalue weighted by molar-refractivity contribution is 0.290. The largest absolute Gasteiger partial charge is 0.540 e. The SMILES string of the molecule is COc1ccc(/C=N\N(C)[P+](=S)Oc2ccc(C(=NCc3ccccc3)P(=O)(OC)OC)cc2)cc1. The molecule has 11 heteroatoms. The summed E-state index contributed by atoms with van der Waals surface area (Å²) in [5.74, 6) is 1.33. The van der Waals surface area contributed by atoms with E-state index in [1.54, 1.807) is 49.4 Å². The third-order valence-electron chi connectivity index (χ3n) is 5.02. The topological polar surface area (TPSA) is 82.0 Å². The second kappa shape index (κ2) is 13.4. The zero-order valence-corrected chi connectivity index (χ0v) is 23.1. The van der Waals surface area contributed by atoms with Crippen LogP contribution in [0.25, 0.3) is 0 Å². The number of hydrogen-bond donors (Lipinski definition) is 0. The molecule has 3 rings (SSSR count). The van der Waals surface area contributed by atoms with Crippen LogP contribution in [-0.4, -0.2) is 44.8 Å². The minimum Gasteiger partial charge on any atom is -0.497 e. The van der Waals surface area contributed by atoms with Gasteiger partial charge in [-0.25, -0.2) is 0 Å². The quantitative estimate of drug-likeness (QED) is 0.152. The molecule has 3 aromatic rings. The zero-order chi connectivity index (χ0) is 26.0. The average Bonchev–Trinajstić information content (AvgIpc) is 2.93. The summed E-state index contributed by atoms with van der Waals surface area (Å²) >= 11 is 5.50. The predicted molar refractivity (Wildman–Crippen MR) is 148 cm³/mol. The van der Waals surface area contributed by atoms with Crippen molar-refractivity contribution in [3.63, 3.8) is 0 Å². The maximum Gasteiger partial charge on any atom is 0.540 e. The van der Waals surface area contributed by atoms with E-state index in [0.717, 1.165) is 16.9 Å². The average molecular weight is 545 g/mol. The van der Waals surface area contributed by atoms with Gasteiger partial charge in [-0.1, -0.05) is 35.1 Å². The molecule has 0 N–H and O–H groups in total. The normalized spacial score (nSPS) is 12.4. The first kappa shape index (κ1) is 27.7. The van der Waals surface area contributed by atoms with Crippen LogP contribution in [0, 0.1) is 0 Å². The highest BCUT2D eigenvalue weighted by atomic mass is 32.4. The molecule has 0 aromatic heterocycles. The van der Waals surface area contributed by atoms with Crippen molar-refractivity contribution in [2.24, 2.45) is 10.1 Å². The Hall–Kier alpha value is -2.93. The molecule has 0 radical (unpaired) electrons. The van der Waals surface area contributed by atoms with Crippen molar-refractivity contribution in [1.82, 2.24) is 4.78 Å². The molecule has 3 aromatic carbocycles. The molecule has 36 heavy (non-hydrogen) atoms. The van der Waals surface area contributed by atoms with Gasteiger partial charge in [0, 0.05) is 19.8 Å². The van der Waals surface area contributed by atoms with Crippen molar-refractivity contribution in [2.45, 2.75) is 6.54 Å². The van der Waals surface area contributed by atoms with Crippen molar-refractivity contribution in [2.75, 3.05) is 28.4 Å². The Morgan fingerprint density at radius 1 is 0.944 bits per heavy atom. The van der Waals surface area contributed by atoms with Crippen LogP contribution in [0.15, 0.2) is 89.0 Å². The van der Waals surface area contributed by atoms with E-state index < -0.39 is 14.7 Å². The monoisotopic (exact) mass is 544 g/mol. The number of nitrogens with zero attached hydrogens (tertiary/aromatic N) is 3. The van der Waals surface area contributed by atoms with Crippen LogP contribution in [0.2, 0.25) is 0 Å². The summed E-state index contributed by atoms with van der Waals surface area (Å²) in [4.78, 5) is 4.57. The summed E-state index contributed by atoms with van der Waals surface area (Å²) in [7, 11) is 1.01. The Labute approximate surface area is 217 Å². The fourth-order valence-electron chi connectivity index (χ4n) is 3.03. The Kier molecular flexibility index (Phi) is 10.3. The summed E-state index contributed by atoms with van der Waals surface area (Å²) in [5.41, 5.74) is 2.73. The van der Waals surface area contributed by atoms with E-state index in [0.29, 0.717) is 17.9 Å². The first-order valence-electron chi connectivity index (χ1n) is 10.9. The number of rotatable bonds is 12. The van der Waals surface area contributed by atoms with Crippen molar-refractivity contribution in [3.05, 3.63) is 95.6 Å². The standard InChI is InChI=1S/C25H28N3O5P2S/c1-28(27-19-21-10-14-23(30-2)15-11-21)34(36)33-24-16-12-22(13-17-24)25(35(29,31-3)32-4)26-18-20-8-6-5-7-9-20/h5-17,19H,18H2,1-4H3/q+1/b26-25?,27-19-. The lowest BCUT2D eigenvalue weighted by Gasteiger charge is -2.16. The number of benzene rings is 3. The molecule has 0 aliphatic heterocycles. The van der Waals surface area contributed by atoms with Crippen LogP contribution in [0.5, 0.6) is 11.5 Å². The second-order valence-electron chi connectivity index (χ2n) is 7.35. The van der Waals surface area contributed by atoms with Gasteiger partial charge >= 0.3 is 14.7 Å². The van der Waals surface area contributed by atoms with Gasteiger partial charge in [0.1, 0.15) is 5.75 Å². The van der Waals surface area contributed by atoms with Crippen molar-refractivity contribution in [1.29, 1.82) is 0 Å². The lowest BCUT2D eigenvalue weighted by Crippen LogP contribution is -2.07. The predicted octanol–water partition coefficient (Wildman–Crippen LogP) is 6.25. The number of methoxy groups -OCH3 is 1. The molecule has 0 amide bonds. The maximum atomic E-state index is 13.2. The summed E-state index contributed by atoms with van der Waals surface area (Å²) in [5, 5.41) is 4.38. The van der Waals surface area contributed by atoms with Crippen LogP contribution in [0.1, 0.15) is 16.7 Å². The van der Waals surface area contributed by atoms with Crippen molar-refractivity contribution >= 4 is 38.1 Å². The minimum atomic E-state index is -3.59. The summed E-state index contributed by atoms with van der Waals surface area (Å²) in [6.07, 6.45) is 1.70. The molecule has 0 saturated heterocycles. The lowest BCUT2D eigenvalue weighted by atomic mass is 10.2. The van der Waals surface area contributed by atoms with Gasteiger partial charge in [0.25, 0.3) is 0 Å². The molecule has 0 saturated carbocycles. The fraction of sp³-hybridized carbons (Fsp3) is 0.200. The highest BCUT2D eigenvalue weighted by Crippen LogP contribution is 2.50. The summed E-state index contributed by atoms with van der Waals surface area (Å²) < 4.78 is 36.3. The van der Waals surface area contributed by atoms with Gasteiger partial charge in [0.2, 0.25) is 11.8 Å². The molecule has 1 unspecified atom stereocenters. The Morgan fingerprint density at radius 3 is 2.14 bits per heavy atom. The molecule has 0 heterocycles. The van der Waals surface area contributed by atoms with Gasteiger partial charge in [-0.3, -0.25) is 14.1 Å². The first-order valence-corrected chi connectivity index (χ1v) is 14.6. The minimum absolute atomic E-state index is 0.241. The highest BCUT2D eigenvalue weighted by molar-refractivity contribution is 8.02. The third kappa shape index (κ3) is 7.53. The molecule has 8 nitrogen and oxygen atoms in total. The van der Waals surface area contributed by atoms with Crippen molar-refractivity contribution < 1.29 is 22.9 Å². The van der Waals surface area contributed by atoms with E-state index in [9.17, 15) is 4.57 Å². The molecule has 0 bridgehead atoms. The van der Waals surface area contributed by atoms with E-state index in [1.165, 1.54) is 14.2 Å². The van der Waals surface area contributed by atoms with Gasteiger partial charge < -0.3 is 13.8 Å². The Morgan fingerprint density at radius 2 is 1.56 bits per heavy atom. The Balaban J connectivity index is 1.72. The molecule has 0 fully saturated rings. The molecule has 188 valence electrons. The van der Waals surface area contributed by atoms with Crippen LogP contribution >= 0.6 is 14.7 Å². The number of hydrazone groups is 1. The molecule has 0 aliphatic carbocycles. The smallest absolute Gasteiger partial charge is 0.497 e. The molecular weight excluding hydrogens is 516 g/mol. The molecular formula is C25H28N3O5P2S+. The van der Waals surface area contributed by atoms with Crippen LogP contribution in [0.4, 0.5) is 0 Å². The first-order chi connectivity index (χ1) is 17.4. The zero-order valence-electron chi connectivity index (χ0n) is 20.5. The van der Waals surface area contributed by atoms with E-state index >= 15 is 0 Å². The van der Waals surface area contributed by atoms with Gasteiger partial charge in [0.05, 0.1) is 26.9 Å². The van der Waals surface area contributed by atoms with E-state index in [1.807, 2.05) is 54.6 Å². The third-order valence-corrected chi connectivity index (χ3v) is 8.77. The van der Waals surface area contributed by atoms with E-state index in [4.69, 9.17) is 30.1 Å². The van der Waals surface area contributed by atoms with Crippen LogP contribution in [0.3, 0.4) is 0 Å². The van der Waals surface area contributed by atoms with Crippen LogP contribution < -0.4 is 9.26 Å². The second-order valence-corrected chi connectivity index (χ2v) is 11.7. The summed E-state index contributed by atoms with van der Waals surface area (Å²) in [6, 6.07) is 24.2.